The number of nitrogens with zero attached hydrogens (tertiary/aromatic N) is 3. The molecule has 0 atom stereocenters. The molecule has 0 saturated carbocycles. The summed E-state index contributed by atoms with van der Waals surface area (Å²) >= 11 is 14.6. The molecule has 0 bridgehead atoms. The van der Waals surface area contributed by atoms with Gasteiger partial charge in [-0.15, -0.1) is 22.7 Å². The number of hydrogen-bond donors (Lipinski definition) is 1. The number of thiophene rings is 2. The van der Waals surface area contributed by atoms with E-state index in [0.29, 0.717) is 48.8 Å². The number of aromatic hydroxyl groups is 1. The van der Waals surface area contributed by atoms with Gasteiger partial charge in [-0.2, -0.15) is 0 Å². The molecule has 35 heavy (non-hydrogen) atoms. The van der Waals surface area contributed by atoms with Crippen LogP contribution >= 0.6 is 45.9 Å². The molecular weight excluding hydrogens is 525 g/mol. The van der Waals surface area contributed by atoms with Gasteiger partial charge in [0.2, 0.25) is 0 Å². The maximum absolute atomic E-state index is 12.7. The van der Waals surface area contributed by atoms with Crippen LogP contribution in [0.15, 0.2) is 59.3 Å². The fourth-order valence-corrected chi connectivity index (χ4v) is 5.47. The molecule has 3 heterocycles. The smallest absolute Gasteiger partial charge is 0.194 e. The van der Waals surface area contributed by atoms with E-state index in [1.807, 2.05) is 0 Å². The number of Topliss-reactive ketones (excluding diaryl/α,β-unsaturated/α-hetero) is 2. The maximum Gasteiger partial charge on any atom is 0.194 e. The van der Waals surface area contributed by atoms with Crippen molar-refractivity contribution in [3.63, 3.8) is 0 Å². The Hall–Kier alpha value is -2.91. The molecule has 0 aliphatic carbocycles. The number of aromatic nitrogens is 2. The molecule has 4 rings (SSSR count). The molecule has 1 aromatic carbocycles. The lowest BCUT2D eigenvalue weighted by atomic mass is 10.1. The van der Waals surface area contributed by atoms with Gasteiger partial charge in [0, 0.05) is 41.7 Å². The lowest BCUT2D eigenvalue weighted by molar-refractivity contribution is 0.0984. The van der Waals surface area contributed by atoms with E-state index in [0.717, 1.165) is 22.6 Å². The van der Waals surface area contributed by atoms with Gasteiger partial charge in [-0.25, -0.2) is 0 Å². The highest BCUT2D eigenvalue weighted by molar-refractivity contribution is 7.16. The summed E-state index contributed by atoms with van der Waals surface area (Å²) in [5, 5.41) is 13.3. The summed E-state index contributed by atoms with van der Waals surface area (Å²) in [6.07, 6.45) is 5.60. The minimum absolute atomic E-state index is 0.0441. The van der Waals surface area contributed by atoms with Crippen molar-refractivity contribution in [3.8, 4) is 16.2 Å². The summed E-state index contributed by atoms with van der Waals surface area (Å²) in [5.74, 6) is -0.159. The molecule has 0 saturated heterocycles. The summed E-state index contributed by atoms with van der Waals surface area (Å²) in [5.41, 5.74) is 2.58. The summed E-state index contributed by atoms with van der Waals surface area (Å²) in [4.78, 5) is 39.3. The van der Waals surface area contributed by atoms with Crippen LogP contribution in [0.2, 0.25) is 10.0 Å². The molecule has 0 amide bonds. The molecule has 178 valence electrons. The molecule has 3 aromatic heterocycles. The van der Waals surface area contributed by atoms with Crippen molar-refractivity contribution in [1.29, 1.82) is 0 Å². The number of ketones is 2. The van der Waals surface area contributed by atoms with Crippen LogP contribution in [-0.2, 0) is 6.42 Å². The quantitative estimate of drug-likeness (QED) is 0.185. The highest BCUT2D eigenvalue weighted by Gasteiger charge is 2.17. The third-order valence-electron chi connectivity index (χ3n) is 5.18. The molecule has 10 heteroatoms. The highest BCUT2D eigenvalue weighted by atomic mass is 35.5. The summed E-state index contributed by atoms with van der Waals surface area (Å²) < 4.78 is 0. The number of aliphatic imine (C=N–C) groups is 1. The van der Waals surface area contributed by atoms with Crippen molar-refractivity contribution in [2.75, 3.05) is 6.54 Å². The van der Waals surface area contributed by atoms with E-state index in [1.54, 1.807) is 61.2 Å². The lowest BCUT2D eigenvalue weighted by Crippen LogP contribution is -2.04. The van der Waals surface area contributed by atoms with Crippen molar-refractivity contribution in [2.24, 2.45) is 4.99 Å². The molecule has 1 N–H and O–H groups in total. The van der Waals surface area contributed by atoms with Gasteiger partial charge in [0.15, 0.2) is 11.6 Å². The van der Waals surface area contributed by atoms with Crippen LogP contribution in [0.5, 0.6) is 5.75 Å². The Labute approximate surface area is 219 Å². The number of aryl methyl sites for hydroxylation is 1. The van der Waals surface area contributed by atoms with Crippen LogP contribution in [0.4, 0.5) is 0 Å². The Kier molecular flexibility index (Phi) is 8.07. The van der Waals surface area contributed by atoms with E-state index in [-0.39, 0.29) is 23.9 Å². The maximum atomic E-state index is 12.7. The van der Waals surface area contributed by atoms with Gasteiger partial charge in [0.05, 0.1) is 30.4 Å². The van der Waals surface area contributed by atoms with Crippen LogP contribution in [0, 0.1) is 0 Å². The third-order valence-corrected chi connectivity index (χ3v) is 8.10. The van der Waals surface area contributed by atoms with Crippen LogP contribution in [0.1, 0.15) is 43.9 Å². The second kappa shape index (κ2) is 11.2. The molecular formula is C25H19Cl2N3O3S2. The minimum atomic E-state index is -0.193. The minimum Gasteiger partial charge on any atom is -0.506 e. The fourth-order valence-electron chi connectivity index (χ4n) is 3.27. The molecule has 0 radical (unpaired) electrons. The molecule has 0 aliphatic rings. The van der Waals surface area contributed by atoms with Gasteiger partial charge in [-0.1, -0.05) is 29.3 Å². The Morgan fingerprint density at radius 3 is 2.54 bits per heavy atom. The first-order chi connectivity index (χ1) is 16.8. The van der Waals surface area contributed by atoms with Crippen molar-refractivity contribution in [2.45, 2.75) is 19.8 Å². The number of hydrogen-bond acceptors (Lipinski definition) is 8. The number of halogens is 2. The predicted octanol–water partition coefficient (Wildman–Crippen LogP) is 6.79. The monoisotopic (exact) mass is 543 g/mol. The van der Waals surface area contributed by atoms with E-state index in [9.17, 15) is 14.7 Å². The van der Waals surface area contributed by atoms with Gasteiger partial charge in [-0.05, 0) is 43.2 Å². The van der Waals surface area contributed by atoms with Crippen molar-refractivity contribution < 1.29 is 14.7 Å². The van der Waals surface area contributed by atoms with Crippen LogP contribution in [0.25, 0.3) is 10.4 Å². The van der Waals surface area contributed by atoms with Crippen molar-refractivity contribution in [3.05, 3.63) is 85.4 Å². The Morgan fingerprint density at radius 1 is 1.06 bits per heavy atom. The van der Waals surface area contributed by atoms with E-state index in [2.05, 4.69) is 15.0 Å². The van der Waals surface area contributed by atoms with Crippen molar-refractivity contribution >= 4 is 63.2 Å². The SMILES string of the molecule is CC(=NCC(=O)c1ccc(C(=O)CCc2cnccn2)s1)c1csc(-c2ccc(Cl)c(Cl)c2)c1O. The Balaban J connectivity index is 1.40. The van der Waals surface area contributed by atoms with E-state index >= 15 is 0 Å². The van der Waals surface area contributed by atoms with Crippen LogP contribution in [0.3, 0.4) is 0 Å². The first kappa shape index (κ1) is 25.2. The second-order valence-electron chi connectivity index (χ2n) is 7.56. The molecule has 0 aliphatic heterocycles. The molecule has 6 nitrogen and oxygen atoms in total. The molecule has 0 unspecified atom stereocenters. The van der Waals surface area contributed by atoms with E-state index in [4.69, 9.17) is 23.2 Å². The van der Waals surface area contributed by atoms with Gasteiger partial charge in [0.1, 0.15) is 12.3 Å². The number of carbonyl (C=O) groups excluding carboxylic acids is 2. The number of carbonyl (C=O) groups is 2. The average Bonchev–Trinajstić information content (AvgIpc) is 3.51. The van der Waals surface area contributed by atoms with Crippen LogP contribution in [-0.4, -0.2) is 38.9 Å². The molecule has 0 fully saturated rings. The standard InChI is InChI=1S/C25H19Cl2N3O3S2/c1-14(17-13-34-25(24(17)33)15-2-4-18(26)19(27)10-15)30-12-21(32)23-7-6-22(35-23)20(31)5-3-16-11-28-8-9-29-16/h2,4,6-11,13,33H,3,5,12H2,1H3. The van der Waals surface area contributed by atoms with E-state index in [1.165, 1.54) is 11.3 Å². The van der Waals surface area contributed by atoms with Gasteiger partial charge >= 0.3 is 0 Å². The summed E-state index contributed by atoms with van der Waals surface area (Å²) in [7, 11) is 0. The zero-order chi connectivity index (χ0) is 24.9. The van der Waals surface area contributed by atoms with Gasteiger partial charge < -0.3 is 5.11 Å². The zero-order valence-electron chi connectivity index (χ0n) is 18.5. The summed E-state index contributed by atoms with van der Waals surface area (Å²) in [6, 6.07) is 8.47. The molecule has 4 aromatic rings. The topological polar surface area (TPSA) is 92.5 Å². The number of rotatable bonds is 9. The fraction of sp³-hybridized carbons (Fsp3) is 0.160. The first-order valence-electron chi connectivity index (χ1n) is 10.5. The average molecular weight is 544 g/mol. The second-order valence-corrected chi connectivity index (χ2v) is 10.3. The van der Waals surface area contributed by atoms with Gasteiger partial charge in [-0.3, -0.25) is 24.5 Å². The van der Waals surface area contributed by atoms with Crippen molar-refractivity contribution in [1.82, 2.24) is 9.97 Å². The normalized spacial score (nSPS) is 11.6. The van der Waals surface area contributed by atoms with Gasteiger partial charge in [0.25, 0.3) is 0 Å². The first-order valence-corrected chi connectivity index (χ1v) is 13.0. The summed E-state index contributed by atoms with van der Waals surface area (Å²) in [6.45, 7) is 1.65. The Bertz CT molecular complexity index is 1410. The lowest BCUT2D eigenvalue weighted by Gasteiger charge is -2.03. The highest BCUT2D eigenvalue weighted by Crippen LogP contribution is 2.40. The molecule has 0 spiro atoms. The predicted molar refractivity (Wildman–Crippen MR) is 142 cm³/mol. The van der Waals surface area contributed by atoms with Crippen LogP contribution < -0.4 is 0 Å². The number of benzene rings is 1. The third kappa shape index (κ3) is 6.02. The Morgan fingerprint density at radius 2 is 1.83 bits per heavy atom. The van der Waals surface area contributed by atoms with E-state index < -0.39 is 0 Å². The largest absolute Gasteiger partial charge is 0.506 e. The zero-order valence-corrected chi connectivity index (χ0v) is 21.6.